The largest absolute Gasteiger partial charge is 0.449 e. The number of piperidine rings is 1. The molecule has 2 aromatic rings. The molecule has 4 N–H and O–H groups in total. The van der Waals surface area contributed by atoms with E-state index >= 15 is 4.39 Å². The molecule has 2 aliphatic heterocycles. The van der Waals surface area contributed by atoms with Gasteiger partial charge in [0.1, 0.15) is 23.1 Å². The maximum absolute atomic E-state index is 16.0. The van der Waals surface area contributed by atoms with Crippen LogP contribution in [0, 0.1) is 24.2 Å². The second-order valence-corrected chi connectivity index (χ2v) is 12.5. The van der Waals surface area contributed by atoms with Crippen LogP contribution in [-0.4, -0.2) is 88.6 Å². The third kappa shape index (κ3) is 7.48. The number of aromatic nitrogens is 1. The zero-order chi connectivity index (χ0) is 31.1. The first-order chi connectivity index (χ1) is 20.5. The lowest BCUT2D eigenvalue weighted by atomic mass is 9.83. The van der Waals surface area contributed by atoms with Crippen molar-refractivity contribution in [3.63, 3.8) is 0 Å². The van der Waals surface area contributed by atoms with Crippen molar-refractivity contribution in [3.8, 4) is 6.07 Å². The zero-order valence-corrected chi connectivity index (χ0v) is 25.5. The van der Waals surface area contributed by atoms with Gasteiger partial charge < -0.3 is 30.6 Å². The number of nitrogens with one attached hydrogen (secondary N) is 2. The molecule has 2 amide bonds. The van der Waals surface area contributed by atoms with E-state index < -0.39 is 23.4 Å². The number of amides is 2. The summed E-state index contributed by atoms with van der Waals surface area (Å²) < 4.78 is 21.3. The molecule has 0 bridgehead atoms. The van der Waals surface area contributed by atoms with Crippen LogP contribution in [0.15, 0.2) is 40.2 Å². The highest BCUT2D eigenvalue weighted by atomic mass is 32.2. The minimum Gasteiger partial charge on any atom is -0.449 e. The van der Waals surface area contributed by atoms with Gasteiger partial charge in [0, 0.05) is 54.3 Å². The Morgan fingerprint density at radius 3 is 2.65 bits per heavy atom. The van der Waals surface area contributed by atoms with Crippen molar-refractivity contribution in [2.75, 3.05) is 55.3 Å². The molecular weight excluding hydrogens is 573 g/mol. The molecule has 2 saturated heterocycles. The number of H-pyrrole nitrogens is 1. The fraction of sp³-hybridized carbons (Fsp3) is 0.500. The van der Waals surface area contributed by atoms with E-state index in [1.807, 2.05) is 43.5 Å². The number of anilines is 2. The topological polar surface area (TPSA) is 157 Å². The lowest BCUT2D eigenvalue weighted by molar-refractivity contribution is 0.0416. The number of rotatable bonds is 7. The molecular formula is C30H38FN7O4S. The number of carbonyl (C=O) groups excluding carboxylic acids is 2. The third-order valence-corrected chi connectivity index (χ3v) is 8.49. The maximum Gasteiger partial charge on any atom is 0.409 e. The molecule has 13 heteroatoms. The van der Waals surface area contributed by atoms with E-state index in [0.717, 1.165) is 11.5 Å². The molecule has 0 spiro atoms. The van der Waals surface area contributed by atoms with Crippen LogP contribution < -0.4 is 16.6 Å². The Balaban J connectivity index is 1.68. The Morgan fingerprint density at radius 1 is 1.28 bits per heavy atom. The molecule has 230 valence electrons. The third-order valence-electron chi connectivity index (χ3n) is 7.54. The van der Waals surface area contributed by atoms with Crippen LogP contribution >= 0.6 is 11.8 Å². The van der Waals surface area contributed by atoms with Gasteiger partial charge in [0.25, 0.3) is 11.5 Å². The number of aromatic amines is 1. The minimum absolute atomic E-state index is 0.00518. The average molecular weight is 612 g/mol. The van der Waals surface area contributed by atoms with Crippen molar-refractivity contribution in [2.24, 2.45) is 10.9 Å². The van der Waals surface area contributed by atoms with Gasteiger partial charge in [-0.1, -0.05) is 13.8 Å². The molecule has 1 aromatic carbocycles. The fourth-order valence-electron chi connectivity index (χ4n) is 5.10. The van der Waals surface area contributed by atoms with Gasteiger partial charge in [-0.25, -0.2) is 9.18 Å². The Bertz CT molecular complexity index is 1470. The van der Waals surface area contributed by atoms with Gasteiger partial charge in [-0.05, 0) is 49.1 Å². The molecule has 0 aliphatic carbocycles. The van der Waals surface area contributed by atoms with Gasteiger partial charge in [-0.2, -0.15) is 17.0 Å². The average Bonchev–Trinajstić information content (AvgIpc) is 2.97. The summed E-state index contributed by atoms with van der Waals surface area (Å²) in [4.78, 5) is 49.0. The van der Waals surface area contributed by atoms with Gasteiger partial charge in [-0.15, -0.1) is 0 Å². The molecule has 2 atom stereocenters. The number of halogens is 1. The van der Waals surface area contributed by atoms with Crippen LogP contribution in [0.5, 0.6) is 0 Å². The van der Waals surface area contributed by atoms with Crippen molar-refractivity contribution in [3.05, 3.63) is 57.5 Å². The molecule has 2 fully saturated rings. The van der Waals surface area contributed by atoms with E-state index in [1.54, 1.807) is 18.2 Å². The number of thioether (sulfide) groups is 1. The number of nitrogen functional groups attached to an aromatic ring is 1. The van der Waals surface area contributed by atoms with Crippen molar-refractivity contribution in [1.29, 1.82) is 5.26 Å². The second-order valence-electron chi connectivity index (χ2n) is 11.2. The molecule has 4 rings (SSSR count). The summed E-state index contributed by atoms with van der Waals surface area (Å²) in [6, 6.07) is 8.69. The fourth-order valence-corrected chi connectivity index (χ4v) is 6.00. The standard InChI is InChI=1S/C30H38FN7O4S/c1-19(2)18-42-29(41)38-11-8-30(7-9-32,24(31)17-38)36-26(25-23(33)6-10-34-27(25)39)35-21-4-5-22(20(3)16-21)28(40)37-12-14-43-15-13-37/h4-6,10,16,19,24H,7-8,11-15,17-18H2,1-3H3,(H,35,36)(H3,33,34,39)/t24-,30+/m1/s1. The van der Waals surface area contributed by atoms with Crippen molar-refractivity contribution in [2.45, 2.75) is 45.3 Å². The van der Waals surface area contributed by atoms with Crippen LogP contribution in [0.4, 0.5) is 20.6 Å². The zero-order valence-electron chi connectivity index (χ0n) is 24.7. The van der Waals surface area contributed by atoms with Crippen molar-refractivity contribution in [1.82, 2.24) is 14.8 Å². The first-order valence-corrected chi connectivity index (χ1v) is 15.4. The maximum atomic E-state index is 16.0. The number of nitriles is 1. The lowest BCUT2D eigenvalue weighted by Crippen LogP contribution is -2.54. The number of hydrogen-bond donors (Lipinski definition) is 3. The van der Waals surface area contributed by atoms with E-state index in [4.69, 9.17) is 15.5 Å². The smallest absolute Gasteiger partial charge is 0.409 e. The Hall–Kier alpha value is -4.05. The summed E-state index contributed by atoms with van der Waals surface area (Å²) >= 11 is 1.82. The highest BCUT2D eigenvalue weighted by Crippen LogP contribution is 2.34. The number of ether oxygens (including phenoxy) is 1. The Labute approximate surface area is 254 Å². The second kappa shape index (κ2) is 13.9. The first-order valence-electron chi connectivity index (χ1n) is 14.3. The Morgan fingerprint density at radius 2 is 2.02 bits per heavy atom. The predicted molar refractivity (Wildman–Crippen MR) is 166 cm³/mol. The number of aryl methyl sites for hydroxylation is 1. The van der Waals surface area contributed by atoms with Crippen LogP contribution in [-0.2, 0) is 4.74 Å². The number of amidine groups is 1. The highest BCUT2D eigenvalue weighted by molar-refractivity contribution is 7.99. The van der Waals surface area contributed by atoms with Gasteiger partial charge in [0.2, 0.25) is 0 Å². The van der Waals surface area contributed by atoms with E-state index in [1.165, 1.54) is 17.2 Å². The van der Waals surface area contributed by atoms with Gasteiger partial charge in [-0.3, -0.25) is 14.6 Å². The monoisotopic (exact) mass is 611 g/mol. The number of likely N-dealkylation sites (tertiary alicyclic amines) is 1. The number of carbonyl (C=O) groups is 2. The van der Waals surface area contributed by atoms with Crippen LogP contribution in [0.3, 0.4) is 0 Å². The molecule has 2 aliphatic rings. The number of benzene rings is 1. The molecule has 11 nitrogen and oxygen atoms in total. The van der Waals surface area contributed by atoms with Crippen molar-refractivity contribution >= 4 is 41.0 Å². The van der Waals surface area contributed by atoms with E-state index in [0.29, 0.717) is 29.9 Å². The summed E-state index contributed by atoms with van der Waals surface area (Å²) in [5, 5.41) is 12.8. The van der Waals surface area contributed by atoms with Crippen LogP contribution in [0.1, 0.15) is 48.2 Å². The first kappa shape index (κ1) is 31.9. The van der Waals surface area contributed by atoms with E-state index in [-0.39, 0.29) is 61.4 Å². The number of nitrogens with two attached hydrogens (primary N) is 1. The van der Waals surface area contributed by atoms with Crippen LogP contribution in [0.2, 0.25) is 0 Å². The lowest BCUT2D eigenvalue weighted by Gasteiger charge is -2.40. The quantitative estimate of drug-likeness (QED) is 0.315. The molecule has 43 heavy (non-hydrogen) atoms. The van der Waals surface area contributed by atoms with Gasteiger partial charge >= 0.3 is 6.09 Å². The molecule has 3 heterocycles. The number of pyridine rings is 1. The number of aliphatic imine (C=N–C) groups is 1. The molecule has 0 unspecified atom stereocenters. The van der Waals surface area contributed by atoms with Gasteiger partial charge in [0.15, 0.2) is 0 Å². The summed E-state index contributed by atoms with van der Waals surface area (Å²) in [5.74, 6) is 1.86. The molecule has 0 radical (unpaired) electrons. The predicted octanol–water partition coefficient (Wildman–Crippen LogP) is 3.80. The number of alkyl halides is 1. The normalized spacial score (nSPS) is 20.9. The summed E-state index contributed by atoms with van der Waals surface area (Å²) in [6.07, 6.45) is -1.22. The molecule has 1 aromatic heterocycles. The van der Waals surface area contributed by atoms with Crippen LogP contribution in [0.25, 0.3) is 0 Å². The van der Waals surface area contributed by atoms with E-state index in [9.17, 15) is 19.6 Å². The van der Waals surface area contributed by atoms with E-state index in [2.05, 4.69) is 10.3 Å². The van der Waals surface area contributed by atoms with Gasteiger partial charge in [0.05, 0.1) is 25.6 Å². The summed E-state index contributed by atoms with van der Waals surface area (Å²) in [5.41, 5.74) is 5.99. The number of nitrogens with zero attached hydrogens (tertiary/aromatic N) is 4. The molecule has 0 saturated carbocycles. The minimum atomic E-state index is -1.72. The summed E-state index contributed by atoms with van der Waals surface area (Å²) in [7, 11) is 0. The SMILES string of the molecule is Cc1cc(NC(=N[C@@]2(CC#N)CCN(C(=O)OCC(C)C)C[C@H]2F)c2c(N)cc[nH]c2=O)ccc1C(=O)N1CCSCC1. The Kier molecular flexibility index (Phi) is 10.3. The van der Waals surface area contributed by atoms with Crippen molar-refractivity contribution < 1.29 is 18.7 Å². The number of hydrogen-bond acceptors (Lipinski definition) is 8. The summed E-state index contributed by atoms with van der Waals surface area (Å²) in [6.45, 7) is 7.00. The highest BCUT2D eigenvalue weighted by Gasteiger charge is 2.46.